The van der Waals surface area contributed by atoms with E-state index in [9.17, 15) is 24.7 Å². The molecular weight excluding hydrogens is 518 g/mol. The minimum absolute atomic E-state index is 0.0831. The molecule has 0 saturated carbocycles. The predicted octanol–water partition coefficient (Wildman–Crippen LogP) is 1.96. The third-order valence-electron chi connectivity index (χ3n) is 5.64. The zero-order chi connectivity index (χ0) is 22.2. The Balaban J connectivity index is 1.47. The maximum absolute atomic E-state index is 14.1. The number of fused-ring (bicyclic) bond motifs is 1. The molecule has 2 aliphatic heterocycles. The molecule has 0 aliphatic carbocycles. The molecule has 1 aromatic heterocycles. The van der Waals surface area contributed by atoms with Gasteiger partial charge in [-0.2, -0.15) is 5.26 Å². The van der Waals surface area contributed by atoms with Crippen LogP contribution in [0.2, 0.25) is 0 Å². The van der Waals surface area contributed by atoms with Gasteiger partial charge in [0, 0.05) is 34.8 Å². The van der Waals surface area contributed by atoms with Gasteiger partial charge in [0.2, 0.25) is 5.91 Å². The van der Waals surface area contributed by atoms with Gasteiger partial charge < -0.3 is 25.2 Å². The number of aromatic nitrogens is 1. The molecule has 31 heavy (non-hydrogen) atoms. The molecule has 3 heterocycles. The fourth-order valence-corrected chi connectivity index (χ4v) is 4.30. The van der Waals surface area contributed by atoms with Gasteiger partial charge in [0.1, 0.15) is 41.8 Å². The number of carbonyl (C=O) groups excluding carboxylic acids is 1. The molecule has 2 aliphatic rings. The van der Waals surface area contributed by atoms with Gasteiger partial charge in [-0.15, -0.1) is 0 Å². The fraction of sp³-hybridized carbons (Fsp3) is 0.381. The number of nitrogens with zero attached hydrogens (tertiary/aromatic N) is 3. The molecule has 1 amide bonds. The van der Waals surface area contributed by atoms with E-state index >= 15 is 0 Å². The quantitative estimate of drug-likeness (QED) is 0.510. The number of aliphatic hydroxyl groups is 2. The van der Waals surface area contributed by atoms with Crippen molar-refractivity contribution in [2.45, 2.75) is 31.0 Å². The van der Waals surface area contributed by atoms with E-state index in [1.54, 1.807) is 17.2 Å². The Hall–Kier alpha value is -2.49. The summed E-state index contributed by atoms with van der Waals surface area (Å²) in [5.41, 5.74) is -0.478. The number of nitriles is 1. The molecule has 2 aromatic rings. The minimum Gasteiger partial charge on any atom is -0.490 e. The van der Waals surface area contributed by atoms with E-state index in [0.717, 1.165) is 3.57 Å². The average Bonchev–Trinajstić information content (AvgIpc) is 2.75. The van der Waals surface area contributed by atoms with Crippen LogP contribution in [0.5, 0.6) is 5.75 Å². The first-order valence-electron chi connectivity index (χ1n) is 9.76. The third kappa shape index (κ3) is 4.30. The number of amides is 1. The zero-order valence-corrected chi connectivity index (χ0v) is 18.6. The summed E-state index contributed by atoms with van der Waals surface area (Å²) in [6.07, 6.45) is 1.23. The zero-order valence-electron chi connectivity index (χ0n) is 16.4. The van der Waals surface area contributed by atoms with Crippen LogP contribution < -0.4 is 15.0 Å². The number of piperidine rings is 1. The Morgan fingerprint density at radius 2 is 2.26 bits per heavy atom. The number of carbonyl (C=O) groups is 1. The van der Waals surface area contributed by atoms with E-state index in [-0.39, 0.29) is 37.6 Å². The number of pyridine rings is 1. The van der Waals surface area contributed by atoms with Crippen LogP contribution in [0.3, 0.4) is 0 Å². The highest BCUT2D eigenvalue weighted by atomic mass is 127. The van der Waals surface area contributed by atoms with Gasteiger partial charge >= 0.3 is 0 Å². The second kappa shape index (κ2) is 8.57. The van der Waals surface area contributed by atoms with E-state index in [1.165, 1.54) is 12.1 Å². The van der Waals surface area contributed by atoms with E-state index in [0.29, 0.717) is 35.7 Å². The van der Waals surface area contributed by atoms with E-state index in [4.69, 9.17) is 4.74 Å². The molecule has 3 N–H and O–H groups in total. The first-order valence-corrected chi connectivity index (χ1v) is 10.8. The second-order valence-electron chi connectivity index (χ2n) is 7.69. The van der Waals surface area contributed by atoms with Gasteiger partial charge in [0.05, 0.1) is 11.3 Å². The standard InChI is InChI=1S/C21H20FIN4O4/c22-15-2-3-16(14-1-4-18(29)26-19(14)15)31-11-21(30)5-6-27(10-17(21)28)20-12(8-24)7-13(23)9-25-20/h2-3,7,9,17,28,30H,1,4-6,10-11H2,(H,26,29)/t17-,21-/m0/s1. The van der Waals surface area contributed by atoms with Crippen LogP contribution in [0.4, 0.5) is 15.9 Å². The van der Waals surface area contributed by atoms with Crippen molar-refractivity contribution in [3.8, 4) is 11.8 Å². The number of hydrogen-bond donors (Lipinski definition) is 3. The maximum atomic E-state index is 14.1. The van der Waals surface area contributed by atoms with Crippen LogP contribution in [0.1, 0.15) is 24.0 Å². The Labute approximate surface area is 191 Å². The summed E-state index contributed by atoms with van der Waals surface area (Å²) in [7, 11) is 0. The van der Waals surface area contributed by atoms with E-state index in [2.05, 4.69) is 39.0 Å². The lowest BCUT2D eigenvalue weighted by Gasteiger charge is -2.42. The van der Waals surface area contributed by atoms with Gasteiger partial charge in [-0.3, -0.25) is 4.79 Å². The number of hydrogen-bond acceptors (Lipinski definition) is 7. The second-order valence-corrected chi connectivity index (χ2v) is 8.93. The molecule has 4 rings (SSSR count). The predicted molar refractivity (Wildman–Crippen MR) is 118 cm³/mol. The van der Waals surface area contributed by atoms with E-state index < -0.39 is 17.5 Å². The van der Waals surface area contributed by atoms with Crippen molar-refractivity contribution in [2.75, 3.05) is 29.9 Å². The lowest BCUT2D eigenvalue weighted by Crippen LogP contribution is -2.58. The highest BCUT2D eigenvalue weighted by Crippen LogP contribution is 2.35. The summed E-state index contributed by atoms with van der Waals surface area (Å²) < 4.78 is 20.7. The normalized spacial score (nSPS) is 23.0. The summed E-state index contributed by atoms with van der Waals surface area (Å²) in [6.45, 7) is 0.260. The summed E-state index contributed by atoms with van der Waals surface area (Å²) >= 11 is 2.08. The van der Waals surface area contributed by atoms with Gasteiger partial charge in [0.25, 0.3) is 0 Å². The maximum Gasteiger partial charge on any atom is 0.224 e. The number of benzene rings is 1. The SMILES string of the molecule is N#Cc1cc(I)cnc1N1CC[C@](O)(COc2ccc(F)c3c2CCC(=O)N3)[C@@H](O)C1. The van der Waals surface area contributed by atoms with E-state index in [1.807, 2.05) is 0 Å². The number of halogens is 2. The molecule has 0 unspecified atom stereocenters. The Bertz CT molecular complexity index is 1080. The molecule has 1 saturated heterocycles. The molecule has 8 nitrogen and oxygen atoms in total. The van der Waals surface area contributed by atoms with Crippen LogP contribution in [0, 0.1) is 20.7 Å². The molecular formula is C21H20FIN4O4. The fourth-order valence-electron chi connectivity index (χ4n) is 3.85. The Morgan fingerprint density at radius 3 is 3.00 bits per heavy atom. The van der Waals surface area contributed by atoms with Crippen molar-refractivity contribution in [3.63, 3.8) is 0 Å². The number of β-amino-alcohol motifs (C(OH)–C–C–N with tert-alkyl or cyclic N) is 1. The summed E-state index contributed by atoms with van der Waals surface area (Å²) in [4.78, 5) is 17.7. The lowest BCUT2D eigenvalue weighted by molar-refractivity contribution is -0.116. The number of rotatable bonds is 4. The molecule has 0 spiro atoms. The third-order valence-corrected chi connectivity index (χ3v) is 6.23. The van der Waals surface area contributed by atoms with Gasteiger partial charge in [-0.1, -0.05) is 0 Å². The number of aliphatic hydroxyl groups excluding tert-OH is 1. The van der Waals surface area contributed by atoms with Crippen LogP contribution in [-0.2, 0) is 11.2 Å². The monoisotopic (exact) mass is 538 g/mol. The molecule has 1 fully saturated rings. The molecule has 1 aromatic carbocycles. The number of nitrogens with one attached hydrogen (secondary N) is 1. The summed E-state index contributed by atoms with van der Waals surface area (Å²) in [6, 6.07) is 6.50. The van der Waals surface area contributed by atoms with Gasteiger partial charge in [-0.05, 0) is 53.6 Å². The first kappa shape index (κ1) is 21.7. The number of anilines is 2. The largest absolute Gasteiger partial charge is 0.490 e. The lowest BCUT2D eigenvalue weighted by atomic mass is 9.89. The van der Waals surface area contributed by atoms with Crippen LogP contribution in [0.15, 0.2) is 24.4 Å². The van der Waals surface area contributed by atoms with Crippen LogP contribution in [0.25, 0.3) is 0 Å². The number of ether oxygens (including phenoxy) is 1. The van der Waals surface area contributed by atoms with Crippen molar-refractivity contribution in [2.24, 2.45) is 0 Å². The highest BCUT2D eigenvalue weighted by Gasteiger charge is 2.42. The van der Waals surface area contributed by atoms with Crippen molar-refractivity contribution < 1.29 is 24.1 Å². The topological polar surface area (TPSA) is 119 Å². The Morgan fingerprint density at radius 1 is 1.45 bits per heavy atom. The summed E-state index contributed by atoms with van der Waals surface area (Å²) in [5.74, 6) is 0.0329. The van der Waals surface area contributed by atoms with Crippen LogP contribution in [-0.4, -0.2) is 52.5 Å². The van der Waals surface area contributed by atoms with Crippen molar-refractivity contribution in [1.29, 1.82) is 5.26 Å². The Kier molecular flexibility index (Phi) is 6.00. The van der Waals surface area contributed by atoms with Crippen molar-refractivity contribution >= 4 is 40.0 Å². The average molecular weight is 538 g/mol. The molecule has 0 bridgehead atoms. The smallest absolute Gasteiger partial charge is 0.224 e. The molecule has 162 valence electrons. The van der Waals surface area contributed by atoms with Crippen molar-refractivity contribution in [1.82, 2.24) is 4.98 Å². The van der Waals surface area contributed by atoms with Crippen molar-refractivity contribution in [3.05, 3.63) is 44.9 Å². The van der Waals surface area contributed by atoms with Gasteiger partial charge in [-0.25, -0.2) is 9.37 Å². The first-order chi connectivity index (χ1) is 14.8. The minimum atomic E-state index is -1.52. The molecule has 2 atom stereocenters. The van der Waals surface area contributed by atoms with Gasteiger partial charge in [0.15, 0.2) is 0 Å². The molecule has 0 radical (unpaired) electrons. The van der Waals surface area contributed by atoms with Crippen LogP contribution >= 0.6 is 22.6 Å². The highest BCUT2D eigenvalue weighted by molar-refractivity contribution is 14.1. The molecule has 10 heteroatoms. The summed E-state index contributed by atoms with van der Waals surface area (Å²) in [5, 5.41) is 33.6.